The van der Waals surface area contributed by atoms with Crippen molar-refractivity contribution < 1.29 is 9.53 Å². The number of aromatic nitrogens is 1. The second kappa shape index (κ2) is 6.86. The van der Waals surface area contributed by atoms with Gasteiger partial charge in [-0.2, -0.15) is 0 Å². The molecule has 2 bridgehead atoms. The summed E-state index contributed by atoms with van der Waals surface area (Å²) in [6, 6.07) is 3.95. The lowest BCUT2D eigenvalue weighted by atomic mass is 9.83. The standard InChI is InChI=1S/C20H30N4O3/c1-20(2,3)27-19(26)23-11-14-8-15(13-23)17-9-16(10-18(25)24(17)12-14)22-6-4-21-5-7-22/h9-10,14-15,21H,4-8,11-13H2,1-3H3. The molecule has 0 aromatic carbocycles. The zero-order valence-corrected chi connectivity index (χ0v) is 16.5. The van der Waals surface area contributed by atoms with Crippen LogP contribution in [0.1, 0.15) is 38.8 Å². The number of nitrogens with one attached hydrogen (secondary N) is 1. The number of ether oxygens (including phenoxy) is 1. The maximum absolute atomic E-state index is 12.8. The van der Waals surface area contributed by atoms with Crippen LogP contribution in [0.5, 0.6) is 0 Å². The molecule has 1 aromatic rings. The number of piperidine rings is 1. The van der Waals surface area contributed by atoms with E-state index in [9.17, 15) is 9.59 Å². The molecule has 4 rings (SSSR count). The number of carbonyl (C=O) groups is 1. The molecule has 2 unspecified atom stereocenters. The molecule has 1 amide bonds. The Balaban J connectivity index is 1.59. The highest BCUT2D eigenvalue weighted by Crippen LogP contribution is 2.36. The third-order valence-corrected chi connectivity index (χ3v) is 5.67. The Kier molecular flexibility index (Phi) is 4.66. The number of hydrogen-bond acceptors (Lipinski definition) is 5. The Bertz CT molecular complexity index is 776. The third-order valence-electron chi connectivity index (χ3n) is 5.67. The van der Waals surface area contributed by atoms with Crippen LogP contribution in [0.4, 0.5) is 10.5 Å². The number of piperazine rings is 1. The summed E-state index contributed by atoms with van der Waals surface area (Å²) in [6.45, 7) is 11.4. The van der Waals surface area contributed by atoms with Crippen molar-refractivity contribution in [3.8, 4) is 0 Å². The van der Waals surface area contributed by atoms with Crippen LogP contribution < -0.4 is 15.8 Å². The molecule has 4 heterocycles. The van der Waals surface area contributed by atoms with Crippen LogP contribution in [0.3, 0.4) is 0 Å². The maximum atomic E-state index is 12.8. The van der Waals surface area contributed by atoms with Gasteiger partial charge in [0, 0.05) is 69.2 Å². The lowest BCUT2D eigenvalue weighted by molar-refractivity contribution is 0.0102. The van der Waals surface area contributed by atoms with Crippen molar-refractivity contribution in [1.29, 1.82) is 0 Å². The van der Waals surface area contributed by atoms with Crippen LogP contribution >= 0.6 is 0 Å². The molecule has 148 valence electrons. The summed E-state index contributed by atoms with van der Waals surface area (Å²) < 4.78 is 7.50. The predicted molar refractivity (Wildman–Crippen MR) is 104 cm³/mol. The number of fused-ring (bicyclic) bond motifs is 4. The first-order chi connectivity index (χ1) is 12.8. The van der Waals surface area contributed by atoms with Gasteiger partial charge in [0.15, 0.2) is 0 Å². The van der Waals surface area contributed by atoms with E-state index in [0.717, 1.165) is 44.0 Å². The highest BCUT2D eigenvalue weighted by Gasteiger charge is 2.38. The Hall–Kier alpha value is -2.02. The molecule has 2 saturated heterocycles. The van der Waals surface area contributed by atoms with Gasteiger partial charge in [0.05, 0.1) is 0 Å². The average molecular weight is 374 g/mol. The molecule has 2 atom stereocenters. The summed E-state index contributed by atoms with van der Waals surface area (Å²) in [7, 11) is 0. The minimum Gasteiger partial charge on any atom is -0.444 e. The molecule has 0 radical (unpaired) electrons. The van der Waals surface area contributed by atoms with Crippen LogP contribution in [0.25, 0.3) is 0 Å². The van der Waals surface area contributed by atoms with E-state index in [1.54, 1.807) is 6.07 Å². The van der Waals surface area contributed by atoms with Crippen molar-refractivity contribution in [2.45, 2.75) is 45.3 Å². The fourth-order valence-electron chi connectivity index (χ4n) is 4.53. The van der Waals surface area contributed by atoms with Crippen LogP contribution in [-0.4, -0.2) is 60.4 Å². The smallest absolute Gasteiger partial charge is 0.410 e. The van der Waals surface area contributed by atoms with Crippen LogP contribution in [0, 0.1) is 5.92 Å². The number of amides is 1. The fourth-order valence-corrected chi connectivity index (χ4v) is 4.53. The van der Waals surface area contributed by atoms with Gasteiger partial charge in [0.25, 0.3) is 5.56 Å². The van der Waals surface area contributed by atoms with Gasteiger partial charge in [-0.15, -0.1) is 0 Å². The Morgan fingerprint density at radius 1 is 1.15 bits per heavy atom. The highest BCUT2D eigenvalue weighted by molar-refractivity contribution is 5.68. The van der Waals surface area contributed by atoms with E-state index in [0.29, 0.717) is 25.6 Å². The summed E-state index contributed by atoms with van der Waals surface area (Å²) in [5.74, 6) is 0.507. The summed E-state index contributed by atoms with van der Waals surface area (Å²) in [5, 5.41) is 3.35. The summed E-state index contributed by atoms with van der Waals surface area (Å²) >= 11 is 0. The predicted octanol–water partition coefficient (Wildman–Crippen LogP) is 1.61. The highest BCUT2D eigenvalue weighted by atomic mass is 16.6. The van der Waals surface area contributed by atoms with Gasteiger partial charge in [-0.1, -0.05) is 0 Å². The molecule has 0 spiro atoms. The van der Waals surface area contributed by atoms with Gasteiger partial charge in [-0.3, -0.25) is 4.79 Å². The molecular formula is C20H30N4O3. The molecule has 3 aliphatic heterocycles. The van der Waals surface area contributed by atoms with E-state index in [4.69, 9.17) is 4.74 Å². The minimum atomic E-state index is -0.492. The number of nitrogens with zero attached hydrogens (tertiary/aromatic N) is 3. The number of likely N-dealkylation sites (tertiary alicyclic amines) is 1. The molecule has 1 aromatic heterocycles. The second-order valence-corrected chi connectivity index (χ2v) is 9.01. The van der Waals surface area contributed by atoms with Gasteiger partial charge in [-0.05, 0) is 39.2 Å². The first-order valence-electron chi connectivity index (χ1n) is 9.98. The van der Waals surface area contributed by atoms with Crippen molar-refractivity contribution in [2.75, 3.05) is 44.2 Å². The van der Waals surface area contributed by atoms with Crippen molar-refractivity contribution in [3.63, 3.8) is 0 Å². The minimum absolute atomic E-state index is 0.0847. The van der Waals surface area contributed by atoms with E-state index in [-0.39, 0.29) is 17.6 Å². The third kappa shape index (κ3) is 3.83. The summed E-state index contributed by atoms with van der Waals surface area (Å²) in [6.07, 6.45) is 0.787. The molecule has 7 heteroatoms. The lowest BCUT2D eigenvalue weighted by Gasteiger charge is -2.43. The largest absolute Gasteiger partial charge is 0.444 e. The van der Waals surface area contributed by atoms with Gasteiger partial charge in [0.1, 0.15) is 5.60 Å². The van der Waals surface area contributed by atoms with Crippen molar-refractivity contribution in [1.82, 2.24) is 14.8 Å². The van der Waals surface area contributed by atoms with E-state index >= 15 is 0 Å². The zero-order chi connectivity index (χ0) is 19.2. The van der Waals surface area contributed by atoms with Gasteiger partial charge in [0.2, 0.25) is 0 Å². The Labute approximate surface area is 160 Å². The van der Waals surface area contributed by atoms with E-state index < -0.39 is 5.60 Å². The fraction of sp³-hybridized carbons (Fsp3) is 0.700. The quantitative estimate of drug-likeness (QED) is 0.809. The summed E-state index contributed by atoms with van der Waals surface area (Å²) in [4.78, 5) is 29.4. The molecular weight excluding hydrogens is 344 g/mol. The topological polar surface area (TPSA) is 66.8 Å². The van der Waals surface area contributed by atoms with Gasteiger partial charge in [-0.25, -0.2) is 4.79 Å². The number of anilines is 1. The van der Waals surface area contributed by atoms with E-state index in [2.05, 4.69) is 16.3 Å². The normalized spacial score (nSPS) is 25.1. The molecule has 3 aliphatic rings. The van der Waals surface area contributed by atoms with Gasteiger partial charge < -0.3 is 24.4 Å². The van der Waals surface area contributed by atoms with Crippen LogP contribution in [0.15, 0.2) is 16.9 Å². The van der Waals surface area contributed by atoms with Crippen molar-refractivity contribution in [3.05, 3.63) is 28.2 Å². The average Bonchev–Trinajstić information content (AvgIpc) is 2.61. The first-order valence-corrected chi connectivity index (χ1v) is 9.98. The Morgan fingerprint density at radius 2 is 1.89 bits per heavy atom. The molecule has 7 nitrogen and oxygen atoms in total. The second-order valence-electron chi connectivity index (χ2n) is 9.01. The number of carbonyl (C=O) groups excluding carboxylic acids is 1. The van der Waals surface area contributed by atoms with E-state index in [1.807, 2.05) is 30.2 Å². The maximum Gasteiger partial charge on any atom is 0.410 e. The first kappa shape index (κ1) is 18.3. The zero-order valence-electron chi connectivity index (χ0n) is 16.5. The molecule has 0 saturated carbocycles. The number of hydrogen-bond donors (Lipinski definition) is 1. The number of rotatable bonds is 1. The van der Waals surface area contributed by atoms with Crippen molar-refractivity contribution >= 4 is 11.8 Å². The molecule has 0 aliphatic carbocycles. The van der Waals surface area contributed by atoms with Crippen LogP contribution in [-0.2, 0) is 11.3 Å². The number of pyridine rings is 1. The van der Waals surface area contributed by atoms with Crippen molar-refractivity contribution in [2.24, 2.45) is 5.92 Å². The monoisotopic (exact) mass is 374 g/mol. The summed E-state index contributed by atoms with van der Waals surface area (Å²) in [5.41, 5.74) is 1.68. The molecule has 1 N–H and O–H groups in total. The SMILES string of the molecule is CC(C)(C)OC(=O)N1CC2CC(C1)c1cc(N3CCNCC3)cc(=O)n1C2. The lowest BCUT2D eigenvalue weighted by Crippen LogP contribution is -2.50. The Morgan fingerprint density at radius 3 is 2.59 bits per heavy atom. The molecule has 2 fully saturated rings. The van der Waals surface area contributed by atoms with Crippen LogP contribution in [0.2, 0.25) is 0 Å². The van der Waals surface area contributed by atoms with Gasteiger partial charge >= 0.3 is 6.09 Å². The molecule has 27 heavy (non-hydrogen) atoms. The van der Waals surface area contributed by atoms with E-state index in [1.165, 1.54) is 0 Å².